The molecule has 6 heteroatoms. The molecule has 2 heterocycles. The van der Waals surface area contributed by atoms with Gasteiger partial charge in [0, 0.05) is 5.56 Å². The predicted molar refractivity (Wildman–Crippen MR) is 42.8 cm³/mol. The van der Waals surface area contributed by atoms with Crippen LogP contribution >= 0.6 is 11.3 Å². The number of amides is 2. The Bertz CT molecular complexity index is 330. The van der Waals surface area contributed by atoms with E-state index in [-0.39, 0.29) is 31.0 Å². The molecule has 1 aromatic heterocycles. The number of alkyl carbamates (subject to hydrolysis) is 1. The van der Waals surface area contributed by atoms with E-state index >= 15 is 0 Å². The molecule has 0 saturated carbocycles. The number of cyclic esters (lactones) is 1. The largest absolute Gasteiger partial charge is 1.00 e. The van der Waals surface area contributed by atoms with Crippen LogP contribution in [0, 0.1) is 0 Å². The summed E-state index contributed by atoms with van der Waals surface area (Å²) in [6.07, 6.45) is -1.42. The minimum atomic E-state index is -0.747. The molecule has 0 radical (unpaired) electrons. The summed E-state index contributed by atoms with van der Waals surface area (Å²) in [7, 11) is 0. The van der Waals surface area contributed by atoms with E-state index in [1.807, 2.05) is 5.38 Å². The van der Waals surface area contributed by atoms with Crippen LogP contribution in [0.3, 0.4) is 0 Å². The molecule has 2 amide bonds. The minimum Gasteiger partial charge on any atom is -1.00 e. The number of rotatable bonds is 1. The number of hydrogen-bond acceptors (Lipinski definition) is 4. The summed E-state index contributed by atoms with van der Waals surface area (Å²) in [5.74, 6) is -0.390. The van der Waals surface area contributed by atoms with E-state index in [1.165, 1.54) is 11.3 Å². The standard InChI is InChI=1S/C7H5NO3S.Na.H/c9-6-5(11-7(10)8-6)4-1-2-12-3-4;;/h1-3,5H,(H,8,9,10);;/q;+1;-1. The van der Waals surface area contributed by atoms with Crippen LogP contribution in [0.4, 0.5) is 4.79 Å². The van der Waals surface area contributed by atoms with Crippen molar-refractivity contribution in [2.24, 2.45) is 0 Å². The molecule has 0 aromatic carbocycles. The second-order valence-electron chi connectivity index (χ2n) is 2.33. The van der Waals surface area contributed by atoms with Gasteiger partial charge in [-0.1, -0.05) is 0 Å². The van der Waals surface area contributed by atoms with E-state index in [4.69, 9.17) is 4.74 Å². The molecular formula is C7H6NNaO3S. The first kappa shape index (κ1) is 10.7. The number of carbonyl (C=O) groups is 2. The van der Waals surface area contributed by atoms with Gasteiger partial charge in [-0.25, -0.2) is 4.79 Å². The molecule has 0 spiro atoms. The van der Waals surface area contributed by atoms with Crippen LogP contribution in [0.15, 0.2) is 16.8 Å². The van der Waals surface area contributed by atoms with Crippen molar-refractivity contribution in [3.05, 3.63) is 22.4 Å². The molecule has 0 bridgehead atoms. The van der Waals surface area contributed by atoms with Crippen molar-refractivity contribution in [2.45, 2.75) is 6.10 Å². The van der Waals surface area contributed by atoms with Crippen LogP contribution in [0.25, 0.3) is 0 Å². The summed E-state index contributed by atoms with van der Waals surface area (Å²) >= 11 is 1.46. The molecule has 1 N–H and O–H groups in total. The minimum absolute atomic E-state index is 0. The first-order valence-corrected chi connectivity index (χ1v) is 4.25. The molecule has 1 atom stereocenters. The molecule has 64 valence electrons. The van der Waals surface area contributed by atoms with Crippen molar-refractivity contribution in [3.63, 3.8) is 0 Å². The molecule has 1 aromatic rings. The molecule has 2 rings (SSSR count). The van der Waals surface area contributed by atoms with Gasteiger partial charge in [-0.15, -0.1) is 0 Å². The van der Waals surface area contributed by atoms with Gasteiger partial charge in [0.15, 0.2) is 0 Å². The normalized spacial score (nSPS) is 20.5. The van der Waals surface area contributed by atoms with Crippen LogP contribution in [0.5, 0.6) is 0 Å². The first-order chi connectivity index (χ1) is 5.77. The van der Waals surface area contributed by atoms with E-state index in [0.29, 0.717) is 0 Å². The van der Waals surface area contributed by atoms with Crippen LogP contribution in [-0.4, -0.2) is 12.0 Å². The number of hydrogen-bond donors (Lipinski definition) is 1. The zero-order valence-electron chi connectivity index (χ0n) is 7.94. The van der Waals surface area contributed by atoms with Crippen molar-refractivity contribution in [2.75, 3.05) is 0 Å². The molecule has 4 nitrogen and oxygen atoms in total. The quantitative estimate of drug-likeness (QED) is 0.551. The van der Waals surface area contributed by atoms with Crippen LogP contribution in [0.2, 0.25) is 0 Å². The van der Waals surface area contributed by atoms with Gasteiger partial charge in [-0.2, -0.15) is 11.3 Å². The van der Waals surface area contributed by atoms with Crippen LogP contribution in [-0.2, 0) is 9.53 Å². The van der Waals surface area contributed by atoms with Crippen molar-refractivity contribution in [1.29, 1.82) is 0 Å². The van der Waals surface area contributed by atoms with Gasteiger partial charge in [0.25, 0.3) is 5.91 Å². The molecule has 1 aliphatic heterocycles. The predicted octanol–water partition coefficient (Wildman–Crippen LogP) is -1.83. The van der Waals surface area contributed by atoms with E-state index < -0.39 is 18.1 Å². The van der Waals surface area contributed by atoms with E-state index in [0.717, 1.165) is 5.56 Å². The summed E-state index contributed by atoms with van der Waals surface area (Å²) in [4.78, 5) is 21.6. The summed E-state index contributed by atoms with van der Waals surface area (Å²) in [5, 5.41) is 5.67. The maximum absolute atomic E-state index is 11.0. The Morgan fingerprint density at radius 2 is 2.31 bits per heavy atom. The fourth-order valence-corrected chi connectivity index (χ4v) is 1.67. The third-order valence-electron chi connectivity index (χ3n) is 1.53. The Morgan fingerprint density at radius 3 is 2.77 bits per heavy atom. The zero-order chi connectivity index (χ0) is 8.55. The molecule has 1 aliphatic rings. The summed E-state index contributed by atoms with van der Waals surface area (Å²) < 4.78 is 4.73. The number of carbonyl (C=O) groups excluding carboxylic acids is 2. The van der Waals surface area contributed by atoms with Gasteiger partial charge in [-0.05, 0) is 16.8 Å². The second-order valence-corrected chi connectivity index (χ2v) is 3.11. The van der Waals surface area contributed by atoms with Crippen LogP contribution in [0.1, 0.15) is 13.1 Å². The Balaban J connectivity index is 0.000000845. The number of thiophene rings is 1. The monoisotopic (exact) mass is 207 g/mol. The molecule has 1 saturated heterocycles. The maximum Gasteiger partial charge on any atom is 1.00 e. The fraction of sp³-hybridized carbons (Fsp3) is 0.143. The first-order valence-electron chi connectivity index (χ1n) is 3.31. The smallest absolute Gasteiger partial charge is 1.00 e. The molecule has 1 fully saturated rings. The van der Waals surface area contributed by atoms with Gasteiger partial charge in [0.05, 0.1) is 0 Å². The van der Waals surface area contributed by atoms with Crippen molar-refractivity contribution >= 4 is 23.3 Å². The Hall–Kier alpha value is -0.360. The molecule has 0 aliphatic carbocycles. The van der Waals surface area contributed by atoms with Crippen molar-refractivity contribution in [3.8, 4) is 0 Å². The van der Waals surface area contributed by atoms with Gasteiger partial charge in [0.1, 0.15) is 0 Å². The third kappa shape index (κ3) is 2.11. The van der Waals surface area contributed by atoms with Gasteiger partial charge in [-0.3, -0.25) is 10.1 Å². The zero-order valence-corrected chi connectivity index (χ0v) is 9.76. The summed E-state index contributed by atoms with van der Waals surface area (Å²) in [6, 6.07) is 1.76. The number of nitrogens with one attached hydrogen (secondary N) is 1. The average molecular weight is 207 g/mol. The van der Waals surface area contributed by atoms with Crippen LogP contribution < -0.4 is 34.9 Å². The SMILES string of the molecule is O=C1NC(=O)C(c2ccsc2)O1.[H-].[Na+]. The van der Waals surface area contributed by atoms with Gasteiger partial charge < -0.3 is 6.16 Å². The van der Waals surface area contributed by atoms with Gasteiger partial charge in [0.2, 0.25) is 6.10 Å². The maximum atomic E-state index is 11.0. The molecule has 1 unspecified atom stereocenters. The Kier molecular flexibility index (Phi) is 3.49. The Labute approximate surface area is 102 Å². The number of ether oxygens (including phenoxy) is 1. The average Bonchev–Trinajstić information content (AvgIpc) is 2.58. The fourth-order valence-electron chi connectivity index (χ4n) is 1.000. The van der Waals surface area contributed by atoms with E-state index in [2.05, 4.69) is 5.32 Å². The topological polar surface area (TPSA) is 55.4 Å². The third-order valence-corrected chi connectivity index (χ3v) is 2.24. The van der Waals surface area contributed by atoms with Gasteiger partial charge >= 0.3 is 35.7 Å². The van der Waals surface area contributed by atoms with E-state index in [1.54, 1.807) is 11.4 Å². The molecule has 13 heavy (non-hydrogen) atoms. The summed E-state index contributed by atoms with van der Waals surface area (Å²) in [5.41, 5.74) is 0.725. The second kappa shape index (κ2) is 4.23. The van der Waals surface area contributed by atoms with Crippen molar-refractivity contribution in [1.82, 2.24) is 5.32 Å². The number of imide groups is 1. The Morgan fingerprint density at radius 1 is 1.54 bits per heavy atom. The van der Waals surface area contributed by atoms with E-state index in [9.17, 15) is 9.59 Å². The summed E-state index contributed by atoms with van der Waals surface area (Å²) in [6.45, 7) is 0. The van der Waals surface area contributed by atoms with Crippen molar-refractivity contribution < 1.29 is 45.3 Å². The molecular weight excluding hydrogens is 201 g/mol.